The highest BCUT2D eigenvalue weighted by atomic mass is 35.5. The van der Waals surface area contributed by atoms with Crippen molar-refractivity contribution in [1.29, 1.82) is 0 Å². The first-order valence-electron chi connectivity index (χ1n) is 7.64. The van der Waals surface area contributed by atoms with Crippen LogP contribution in [0.15, 0.2) is 58.3 Å². The Morgan fingerprint density at radius 1 is 0.741 bits per heavy atom. The predicted octanol–water partition coefficient (Wildman–Crippen LogP) is 5.34. The summed E-state index contributed by atoms with van der Waals surface area (Å²) in [6.07, 6.45) is 0. The minimum atomic E-state index is -0.883. The number of carbonyl (C=O) groups excluding carboxylic acids is 2. The molecule has 0 bridgehead atoms. The largest absolute Gasteiger partial charge is 0.425 e. The maximum atomic E-state index is 11.6. The summed E-state index contributed by atoms with van der Waals surface area (Å²) >= 11 is 24.0. The van der Waals surface area contributed by atoms with Gasteiger partial charge in [-0.3, -0.25) is 0 Å². The molecule has 0 amide bonds. The summed E-state index contributed by atoms with van der Waals surface area (Å²) < 4.78 is 10.2. The van der Waals surface area contributed by atoms with E-state index in [2.05, 4.69) is 0 Å². The number of halogens is 4. The predicted molar refractivity (Wildman–Crippen MR) is 109 cm³/mol. The van der Waals surface area contributed by atoms with Gasteiger partial charge in [0.05, 0.1) is 0 Å². The van der Waals surface area contributed by atoms with Gasteiger partial charge in [-0.15, -0.1) is 46.4 Å². The van der Waals surface area contributed by atoms with Gasteiger partial charge < -0.3 is 9.47 Å². The second-order valence-corrected chi connectivity index (χ2v) is 7.95. The number of rotatable bonds is 8. The lowest BCUT2D eigenvalue weighted by Crippen LogP contribution is -2.22. The molecule has 2 rings (SSSR count). The summed E-state index contributed by atoms with van der Waals surface area (Å²) in [5.41, 5.74) is 0. The van der Waals surface area contributed by atoms with Gasteiger partial charge in [0, 0.05) is 21.6 Å². The Kier molecular flexibility index (Phi) is 9.06. The fourth-order valence-corrected chi connectivity index (χ4v) is 2.93. The lowest BCUT2D eigenvalue weighted by atomic mass is 10.3. The fourth-order valence-electron chi connectivity index (χ4n) is 1.77. The lowest BCUT2D eigenvalue weighted by Gasteiger charge is -2.09. The molecule has 0 radical (unpaired) electrons. The Balaban J connectivity index is 1.93. The normalized spacial score (nSPS) is 12.9. The Morgan fingerprint density at radius 2 is 1.07 bits per heavy atom. The third-order valence-corrected chi connectivity index (χ3v) is 5.72. The molecule has 4 nitrogen and oxygen atoms in total. The van der Waals surface area contributed by atoms with Crippen molar-refractivity contribution in [3.8, 4) is 11.5 Å². The van der Waals surface area contributed by atoms with E-state index in [1.165, 1.54) is 11.8 Å². The van der Waals surface area contributed by atoms with Crippen LogP contribution in [0.2, 0.25) is 0 Å². The van der Waals surface area contributed by atoms with E-state index in [0.29, 0.717) is 11.5 Å². The smallest absolute Gasteiger partial charge is 0.330 e. The van der Waals surface area contributed by atoms with Crippen LogP contribution >= 0.6 is 58.2 Å². The molecule has 0 N–H and O–H groups in total. The topological polar surface area (TPSA) is 52.6 Å². The van der Waals surface area contributed by atoms with Gasteiger partial charge in [-0.1, -0.05) is 11.8 Å². The molecule has 2 aromatic carbocycles. The van der Waals surface area contributed by atoms with Crippen molar-refractivity contribution in [2.24, 2.45) is 0 Å². The monoisotopic (exact) mass is 466 g/mol. The van der Waals surface area contributed by atoms with E-state index >= 15 is 0 Å². The Bertz CT molecular complexity index is 702. The first kappa shape index (κ1) is 22.2. The van der Waals surface area contributed by atoms with Crippen LogP contribution in [0.5, 0.6) is 11.5 Å². The van der Waals surface area contributed by atoms with E-state index in [0.717, 1.165) is 9.79 Å². The van der Waals surface area contributed by atoms with Crippen LogP contribution in [0.4, 0.5) is 0 Å². The molecule has 144 valence electrons. The zero-order valence-electron chi connectivity index (χ0n) is 13.7. The molecule has 0 spiro atoms. The lowest BCUT2D eigenvalue weighted by molar-refractivity contribution is -0.134. The molecule has 0 aliphatic rings. The van der Waals surface area contributed by atoms with Gasteiger partial charge in [0.1, 0.15) is 22.3 Å². The third kappa shape index (κ3) is 7.09. The minimum Gasteiger partial charge on any atom is -0.425 e. The third-order valence-electron chi connectivity index (χ3n) is 3.10. The van der Waals surface area contributed by atoms with Gasteiger partial charge in [0.25, 0.3) is 0 Å². The number of hydrogen-bond donors (Lipinski definition) is 0. The Hall–Kier alpha value is -1.11. The van der Waals surface area contributed by atoms with E-state index < -0.39 is 22.7 Å². The quantitative estimate of drug-likeness (QED) is 0.298. The first-order valence-corrected chi connectivity index (χ1v) is 10.4. The average molecular weight is 468 g/mol. The molecule has 0 saturated heterocycles. The van der Waals surface area contributed by atoms with E-state index in [1.807, 2.05) is 24.3 Å². The number of esters is 2. The van der Waals surface area contributed by atoms with Crippen molar-refractivity contribution in [3.63, 3.8) is 0 Å². The van der Waals surface area contributed by atoms with Gasteiger partial charge in [-0.05, 0) is 48.5 Å². The molecule has 0 fully saturated rings. The molecule has 0 aliphatic heterocycles. The molecule has 2 atom stereocenters. The molecule has 27 heavy (non-hydrogen) atoms. The van der Waals surface area contributed by atoms with Gasteiger partial charge in [-0.25, -0.2) is 9.59 Å². The SMILES string of the molecule is O=C(Oc1ccc(Sc2ccc(OC(=O)C(Cl)CCl)cc2)cc1)C(Cl)CCl. The molecular formula is C18H14Cl4O4S. The number of ether oxygens (including phenoxy) is 2. The molecular weight excluding hydrogens is 454 g/mol. The van der Waals surface area contributed by atoms with E-state index in [1.54, 1.807) is 24.3 Å². The van der Waals surface area contributed by atoms with Gasteiger partial charge >= 0.3 is 11.9 Å². The number of carbonyl (C=O) groups is 2. The molecule has 0 heterocycles. The molecule has 0 aliphatic carbocycles. The number of hydrogen-bond acceptors (Lipinski definition) is 5. The summed E-state index contributed by atoms with van der Waals surface area (Å²) in [6.45, 7) is 0. The summed E-state index contributed by atoms with van der Waals surface area (Å²) in [5, 5.41) is -1.77. The van der Waals surface area contributed by atoms with Crippen molar-refractivity contribution in [2.45, 2.75) is 20.5 Å². The Morgan fingerprint density at radius 3 is 1.37 bits per heavy atom. The summed E-state index contributed by atoms with van der Waals surface area (Å²) in [5.74, 6) is -0.445. The highest BCUT2D eigenvalue weighted by Gasteiger charge is 2.17. The summed E-state index contributed by atoms with van der Waals surface area (Å²) in [4.78, 5) is 25.1. The first-order chi connectivity index (χ1) is 12.9. The van der Waals surface area contributed by atoms with Crippen molar-refractivity contribution in [2.75, 3.05) is 11.8 Å². The maximum absolute atomic E-state index is 11.6. The Labute approximate surface area is 181 Å². The molecule has 0 saturated carbocycles. The average Bonchev–Trinajstić information content (AvgIpc) is 2.69. The van der Waals surface area contributed by atoms with Crippen LogP contribution in [-0.2, 0) is 9.59 Å². The second-order valence-electron chi connectivity index (χ2n) is 5.13. The van der Waals surface area contributed by atoms with Gasteiger partial charge in [0.15, 0.2) is 0 Å². The van der Waals surface area contributed by atoms with Crippen LogP contribution in [-0.4, -0.2) is 34.5 Å². The van der Waals surface area contributed by atoms with Crippen molar-refractivity contribution < 1.29 is 19.1 Å². The van der Waals surface area contributed by atoms with Crippen LogP contribution < -0.4 is 9.47 Å². The van der Waals surface area contributed by atoms with Crippen LogP contribution in [0.1, 0.15) is 0 Å². The zero-order valence-corrected chi connectivity index (χ0v) is 17.6. The van der Waals surface area contributed by atoms with E-state index in [9.17, 15) is 9.59 Å². The van der Waals surface area contributed by atoms with Crippen molar-refractivity contribution >= 4 is 70.1 Å². The highest BCUT2D eigenvalue weighted by molar-refractivity contribution is 7.99. The molecule has 9 heteroatoms. The van der Waals surface area contributed by atoms with Crippen LogP contribution in [0.25, 0.3) is 0 Å². The molecule has 0 aromatic heterocycles. The highest BCUT2D eigenvalue weighted by Crippen LogP contribution is 2.30. The zero-order chi connectivity index (χ0) is 19.8. The summed E-state index contributed by atoms with van der Waals surface area (Å²) in [6, 6.07) is 13.9. The van der Waals surface area contributed by atoms with Crippen LogP contribution in [0.3, 0.4) is 0 Å². The fraction of sp³-hybridized carbons (Fsp3) is 0.222. The standard InChI is InChI=1S/C18H14Cl4O4S/c19-9-15(21)17(23)25-11-1-5-13(6-2-11)27-14-7-3-12(4-8-14)26-18(24)16(22)10-20/h1-8,15-16H,9-10H2. The van der Waals surface area contributed by atoms with Crippen LogP contribution in [0, 0.1) is 0 Å². The number of alkyl halides is 4. The number of benzene rings is 2. The minimum absolute atomic E-state index is 0.0168. The molecule has 2 aromatic rings. The van der Waals surface area contributed by atoms with Crippen molar-refractivity contribution in [3.05, 3.63) is 48.5 Å². The molecule has 2 unspecified atom stereocenters. The maximum Gasteiger partial charge on any atom is 0.330 e. The van der Waals surface area contributed by atoms with E-state index in [-0.39, 0.29) is 11.8 Å². The van der Waals surface area contributed by atoms with Gasteiger partial charge in [-0.2, -0.15) is 0 Å². The van der Waals surface area contributed by atoms with Gasteiger partial charge in [0.2, 0.25) is 0 Å². The summed E-state index contributed by atoms with van der Waals surface area (Å²) in [7, 11) is 0. The second kappa shape index (κ2) is 11.0. The van der Waals surface area contributed by atoms with E-state index in [4.69, 9.17) is 55.9 Å². The van der Waals surface area contributed by atoms with Crippen molar-refractivity contribution in [1.82, 2.24) is 0 Å².